The number of urea groups is 1. The van der Waals surface area contributed by atoms with E-state index in [0.29, 0.717) is 16.0 Å². The van der Waals surface area contributed by atoms with E-state index < -0.39 is 40.5 Å². The number of halogens is 2. The van der Waals surface area contributed by atoms with Gasteiger partial charge in [-0.05, 0) is 55.5 Å². The van der Waals surface area contributed by atoms with Gasteiger partial charge < -0.3 is 10.2 Å². The topological polar surface area (TPSA) is 110 Å². The van der Waals surface area contributed by atoms with Crippen LogP contribution in [0.3, 0.4) is 0 Å². The van der Waals surface area contributed by atoms with Crippen molar-refractivity contribution in [3.8, 4) is 0 Å². The molecule has 2 heterocycles. The van der Waals surface area contributed by atoms with Gasteiger partial charge in [0, 0.05) is 22.6 Å². The van der Waals surface area contributed by atoms with Crippen molar-refractivity contribution in [2.75, 3.05) is 12.3 Å². The van der Waals surface area contributed by atoms with E-state index in [4.69, 9.17) is 0 Å². The highest BCUT2D eigenvalue weighted by Gasteiger charge is 2.60. The Morgan fingerprint density at radius 2 is 1.94 bits per heavy atom. The maximum absolute atomic E-state index is 13.6. The van der Waals surface area contributed by atoms with Gasteiger partial charge in [-0.3, -0.25) is 23.6 Å². The number of carbonyl (C=O) groups is 3. The van der Waals surface area contributed by atoms with E-state index in [1.54, 1.807) is 29.2 Å². The molecule has 3 N–H and O–H groups in total. The summed E-state index contributed by atoms with van der Waals surface area (Å²) in [7, 11) is -3.32. The zero-order chi connectivity index (χ0) is 25.1. The Morgan fingerprint density at radius 3 is 2.60 bits per heavy atom. The Kier molecular flexibility index (Phi) is 5.94. The zero-order valence-corrected chi connectivity index (χ0v) is 21.3. The average Bonchev–Trinajstić information content (AvgIpc) is 3.59. The van der Waals surface area contributed by atoms with Crippen molar-refractivity contribution in [1.82, 2.24) is 15.1 Å². The van der Waals surface area contributed by atoms with Crippen LogP contribution in [-0.4, -0.2) is 55.1 Å². The molecular weight excluding hydrogens is 541 g/mol. The second-order valence-electron chi connectivity index (χ2n) is 9.40. The standard InChI is InChI=1S/C24H25BrFN3O5S/c1-14(16-4-5-16)28(11-15-2-7-18(26)8-3-15)21(30)12-29-22(31)24(27-23(29)32)13-35(33,34)20-10-17(25)6-9-19(20)24/h2-3,6-10,14,16,33-34H,4-5,11-13H2,1H3,(H,27,32)/t14-,24?/m0/s1. The van der Waals surface area contributed by atoms with Crippen LogP contribution in [0.5, 0.6) is 0 Å². The molecule has 11 heteroatoms. The summed E-state index contributed by atoms with van der Waals surface area (Å²) < 4.78 is 35.3. The van der Waals surface area contributed by atoms with Gasteiger partial charge in [0.15, 0.2) is 5.54 Å². The molecule has 1 spiro atoms. The van der Waals surface area contributed by atoms with Crippen molar-refractivity contribution in [2.45, 2.75) is 42.8 Å². The predicted molar refractivity (Wildman–Crippen MR) is 131 cm³/mol. The monoisotopic (exact) mass is 565 g/mol. The molecule has 2 atom stereocenters. The quantitative estimate of drug-likeness (QED) is 0.453. The highest BCUT2D eigenvalue weighted by atomic mass is 79.9. The number of carbonyl (C=O) groups excluding carboxylic acids is 3. The molecule has 0 bridgehead atoms. The lowest BCUT2D eigenvalue weighted by Gasteiger charge is -2.31. The summed E-state index contributed by atoms with van der Waals surface area (Å²) in [5, 5.41) is 2.64. The fourth-order valence-electron chi connectivity index (χ4n) is 4.93. The second kappa shape index (κ2) is 8.58. The van der Waals surface area contributed by atoms with Crippen molar-refractivity contribution in [3.63, 3.8) is 0 Å². The van der Waals surface area contributed by atoms with Crippen LogP contribution in [0.4, 0.5) is 9.18 Å². The summed E-state index contributed by atoms with van der Waals surface area (Å²) in [5.74, 6) is -1.50. The molecule has 4 amide bonds. The number of benzene rings is 2. The highest BCUT2D eigenvalue weighted by Crippen LogP contribution is 2.62. The molecule has 8 nitrogen and oxygen atoms in total. The predicted octanol–water partition coefficient (Wildman–Crippen LogP) is 4.29. The second-order valence-corrected chi connectivity index (χ2v) is 12.4. The fourth-order valence-corrected chi connectivity index (χ4v) is 7.46. The number of hydrogen-bond donors (Lipinski definition) is 3. The molecule has 5 rings (SSSR count). The molecule has 1 unspecified atom stereocenters. The minimum atomic E-state index is -3.32. The highest BCUT2D eigenvalue weighted by molar-refractivity contribution is 9.10. The molecule has 1 aliphatic carbocycles. The van der Waals surface area contributed by atoms with E-state index in [9.17, 15) is 27.9 Å². The number of nitrogens with zero attached hydrogens (tertiary/aromatic N) is 2. The minimum absolute atomic E-state index is 0.112. The molecule has 186 valence electrons. The normalized spacial score (nSPS) is 24.3. The lowest BCUT2D eigenvalue weighted by molar-refractivity contribution is -0.140. The lowest BCUT2D eigenvalue weighted by Crippen LogP contribution is -2.48. The Hall–Kier alpha value is -2.47. The Labute approximate surface area is 212 Å². The molecule has 2 aromatic carbocycles. The number of amides is 4. The number of fused-ring (bicyclic) bond motifs is 2. The Balaban J connectivity index is 1.40. The minimum Gasteiger partial charge on any atom is -0.334 e. The van der Waals surface area contributed by atoms with Gasteiger partial charge in [0.25, 0.3) is 5.91 Å². The van der Waals surface area contributed by atoms with Gasteiger partial charge in [0.2, 0.25) is 5.91 Å². The molecule has 1 saturated carbocycles. The Morgan fingerprint density at radius 1 is 1.26 bits per heavy atom. The van der Waals surface area contributed by atoms with Gasteiger partial charge >= 0.3 is 6.03 Å². The first-order valence-corrected chi connectivity index (χ1v) is 13.8. The molecule has 35 heavy (non-hydrogen) atoms. The maximum atomic E-state index is 13.6. The van der Waals surface area contributed by atoms with Crippen LogP contribution in [0.2, 0.25) is 0 Å². The van der Waals surface area contributed by atoms with Crippen molar-refractivity contribution in [2.24, 2.45) is 5.92 Å². The number of imide groups is 1. The summed E-state index contributed by atoms with van der Waals surface area (Å²) in [5.41, 5.74) is -0.565. The average molecular weight is 566 g/mol. The molecular formula is C24H25BrFN3O5S. The number of rotatable bonds is 6. The smallest absolute Gasteiger partial charge is 0.325 e. The van der Waals surface area contributed by atoms with Gasteiger partial charge in [-0.25, -0.2) is 9.18 Å². The Bertz CT molecular complexity index is 1220. The molecule has 0 radical (unpaired) electrons. The summed E-state index contributed by atoms with van der Waals surface area (Å²) in [6.45, 7) is 1.69. The van der Waals surface area contributed by atoms with Crippen LogP contribution < -0.4 is 5.32 Å². The molecule has 2 fully saturated rings. The summed E-state index contributed by atoms with van der Waals surface area (Å²) in [6, 6.07) is 9.79. The molecule has 3 aliphatic rings. The van der Waals surface area contributed by atoms with Crippen LogP contribution in [0, 0.1) is 11.7 Å². The SMILES string of the molecule is C[C@@H](C1CC1)N(Cc1ccc(F)cc1)C(=O)CN1C(=O)NC2(CS(O)(O)c3cc(Br)ccc32)C1=O. The first-order chi connectivity index (χ1) is 16.5. The summed E-state index contributed by atoms with van der Waals surface area (Å²) in [4.78, 5) is 42.6. The van der Waals surface area contributed by atoms with Gasteiger partial charge in [-0.2, -0.15) is 10.6 Å². The third-order valence-corrected chi connectivity index (χ3v) is 9.40. The van der Waals surface area contributed by atoms with Crippen molar-refractivity contribution >= 4 is 44.4 Å². The molecule has 0 aromatic heterocycles. The third-order valence-electron chi connectivity index (χ3n) is 7.02. The number of hydrogen-bond acceptors (Lipinski definition) is 5. The maximum Gasteiger partial charge on any atom is 0.325 e. The van der Waals surface area contributed by atoms with Crippen LogP contribution in [-0.2, 0) is 21.7 Å². The van der Waals surface area contributed by atoms with Crippen LogP contribution in [0.25, 0.3) is 0 Å². The van der Waals surface area contributed by atoms with Gasteiger partial charge in [-0.15, -0.1) is 0 Å². The van der Waals surface area contributed by atoms with E-state index in [-0.39, 0.29) is 29.1 Å². The van der Waals surface area contributed by atoms with Gasteiger partial charge in [0.1, 0.15) is 12.4 Å². The van der Waals surface area contributed by atoms with Crippen LogP contribution in [0.15, 0.2) is 51.8 Å². The largest absolute Gasteiger partial charge is 0.334 e. The lowest BCUT2D eigenvalue weighted by atomic mass is 9.92. The van der Waals surface area contributed by atoms with Gasteiger partial charge in [0.05, 0.1) is 10.6 Å². The molecule has 2 aromatic rings. The van der Waals surface area contributed by atoms with Crippen molar-refractivity contribution < 1.29 is 27.9 Å². The van der Waals surface area contributed by atoms with E-state index in [0.717, 1.165) is 23.3 Å². The van der Waals surface area contributed by atoms with E-state index >= 15 is 0 Å². The third kappa shape index (κ3) is 4.24. The van der Waals surface area contributed by atoms with E-state index in [2.05, 4.69) is 21.2 Å². The van der Waals surface area contributed by atoms with E-state index in [1.165, 1.54) is 18.2 Å². The number of nitrogens with one attached hydrogen (secondary N) is 1. The molecule has 1 saturated heterocycles. The molecule has 2 aliphatic heterocycles. The van der Waals surface area contributed by atoms with Crippen LogP contribution >= 0.6 is 26.5 Å². The van der Waals surface area contributed by atoms with E-state index in [1.807, 2.05) is 6.92 Å². The first-order valence-electron chi connectivity index (χ1n) is 11.3. The summed E-state index contributed by atoms with van der Waals surface area (Å²) >= 11 is 3.30. The first kappa shape index (κ1) is 24.2. The van der Waals surface area contributed by atoms with Crippen molar-refractivity contribution in [1.29, 1.82) is 0 Å². The van der Waals surface area contributed by atoms with Gasteiger partial charge in [-0.1, -0.05) is 34.1 Å². The zero-order valence-electron chi connectivity index (χ0n) is 18.9. The summed E-state index contributed by atoms with van der Waals surface area (Å²) in [6.07, 6.45) is 1.98. The van der Waals surface area contributed by atoms with Crippen LogP contribution in [0.1, 0.15) is 30.9 Å². The fraction of sp³-hybridized carbons (Fsp3) is 0.375. The van der Waals surface area contributed by atoms with Crippen molar-refractivity contribution in [3.05, 3.63) is 63.9 Å².